The highest BCUT2D eigenvalue weighted by atomic mass is 16.5. The van der Waals surface area contributed by atoms with Crippen molar-refractivity contribution in [2.75, 3.05) is 32.6 Å². The largest absolute Gasteiger partial charge is 0.484 e. The van der Waals surface area contributed by atoms with Gasteiger partial charge < -0.3 is 14.5 Å². The van der Waals surface area contributed by atoms with Gasteiger partial charge in [0.1, 0.15) is 5.75 Å². The number of amides is 1. The summed E-state index contributed by atoms with van der Waals surface area (Å²) in [6, 6.07) is 14.9. The molecular formula is C20H24N2O3. The number of ketones is 1. The van der Waals surface area contributed by atoms with Gasteiger partial charge in [-0.15, -0.1) is 0 Å². The van der Waals surface area contributed by atoms with Crippen molar-refractivity contribution in [3.8, 4) is 5.75 Å². The van der Waals surface area contributed by atoms with E-state index in [1.165, 1.54) is 6.92 Å². The Bertz CT molecular complexity index is 722. The molecule has 0 atom stereocenters. The highest BCUT2D eigenvalue weighted by molar-refractivity contribution is 5.94. The molecule has 0 saturated heterocycles. The van der Waals surface area contributed by atoms with E-state index in [0.29, 0.717) is 17.9 Å². The summed E-state index contributed by atoms with van der Waals surface area (Å²) in [6.45, 7) is 2.00. The Labute approximate surface area is 148 Å². The van der Waals surface area contributed by atoms with E-state index in [1.807, 2.05) is 43.3 Å². The fraction of sp³-hybridized carbons (Fsp3) is 0.300. The van der Waals surface area contributed by atoms with Crippen LogP contribution in [0.4, 0.5) is 5.69 Å². The molecule has 0 fully saturated rings. The van der Waals surface area contributed by atoms with Gasteiger partial charge in [0.25, 0.3) is 5.91 Å². The van der Waals surface area contributed by atoms with Crippen molar-refractivity contribution in [2.45, 2.75) is 13.5 Å². The Morgan fingerprint density at radius 3 is 2.04 bits per heavy atom. The van der Waals surface area contributed by atoms with Crippen LogP contribution in [-0.4, -0.2) is 44.3 Å². The zero-order valence-corrected chi connectivity index (χ0v) is 15.2. The lowest BCUT2D eigenvalue weighted by Gasteiger charge is -2.18. The van der Waals surface area contributed by atoms with E-state index in [9.17, 15) is 9.59 Å². The minimum Gasteiger partial charge on any atom is -0.484 e. The molecule has 5 heteroatoms. The molecule has 0 aliphatic rings. The normalized spacial score (nSPS) is 10.2. The topological polar surface area (TPSA) is 49.9 Å². The predicted octanol–water partition coefficient (Wildman–Crippen LogP) is 2.99. The average molecular weight is 340 g/mol. The van der Waals surface area contributed by atoms with E-state index in [1.54, 1.807) is 36.2 Å². The van der Waals surface area contributed by atoms with Crippen LogP contribution in [0.3, 0.4) is 0 Å². The molecule has 0 saturated carbocycles. The molecule has 0 aliphatic carbocycles. The third-order valence-electron chi connectivity index (χ3n) is 3.92. The van der Waals surface area contributed by atoms with Crippen LogP contribution in [0.1, 0.15) is 22.8 Å². The van der Waals surface area contributed by atoms with E-state index in [-0.39, 0.29) is 18.3 Å². The number of hydrogen-bond donors (Lipinski definition) is 0. The molecule has 0 bridgehead atoms. The van der Waals surface area contributed by atoms with Crippen LogP contribution >= 0.6 is 0 Å². The number of benzene rings is 2. The smallest absolute Gasteiger partial charge is 0.260 e. The molecular weight excluding hydrogens is 316 g/mol. The van der Waals surface area contributed by atoms with E-state index in [4.69, 9.17) is 4.74 Å². The summed E-state index contributed by atoms with van der Waals surface area (Å²) in [5, 5.41) is 0. The molecule has 0 aliphatic heterocycles. The van der Waals surface area contributed by atoms with Crippen LogP contribution in [0.15, 0.2) is 48.5 Å². The molecule has 1 amide bonds. The second kappa shape index (κ2) is 8.33. The lowest BCUT2D eigenvalue weighted by molar-refractivity contribution is -0.132. The Kier molecular flexibility index (Phi) is 6.17. The molecule has 2 aromatic rings. The first-order chi connectivity index (χ1) is 11.9. The van der Waals surface area contributed by atoms with Crippen molar-refractivity contribution in [3.05, 3.63) is 59.7 Å². The van der Waals surface area contributed by atoms with Crippen molar-refractivity contribution >= 4 is 17.4 Å². The number of carbonyl (C=O) groups excluding carboxylic acids is 2. The number of hydrogen-bond acceptors (Lipinski definition) is 4. The van der Waals surface area contributed by atoms with E-state index in [0.717, 1.165) is 11.3 Å². The first kappa shape index (κ1) is 18.5. The Hall–Kier alpha value is -2.82. The first-order valence-electron chi connectivity index (χ1n) is 8.11. The monoisotopic (exact) mass is 340 g/mol. The number of likely N-dealkylation sites (N-methyl/N-ethyl adjacent to an activating group) is 1. The molecule has 132 valence electrons. The van der Waals surface area contributed by atoms with Crippen molar-refractivity contribution in [2.24, 2.45) is 0 Å². The summed E-state index contributed by atoms with van der Waals surface area (Å²) in [4.78, 5) is 27.1. The van der Waals surface area contributed by atoms with Crippen LogP contribution in [0.25, 0.3) is 0 Å². The van der Waals surface area contributed by atoms with Crippen molar-refractivity contribution in [1.29, 1.82) is 0 Å². The molecule has 0 spiro atoms. The van der Waals surface area contributed by atoms with Crippen LogP contribution in [0, 0.1) is 0 Å². The van der Waals surface area contributed by atoms with Crippen LogP contribution in [-0.2, 0) is 11.3 Å². The molecule has 0 N–H and O–H groups in total. The second-order valence-corrected chi connectivity index (χ2v) is 6.18. The number of ether oxygens (including phenoxy) is 1. The number of nitrogens with zero attached hydrogens (tertiary/aromatic N) is 2. The first-order valence-corrected chi connectivity index (χ1v) is 8.11. The Balaban J connectivity index is 1.86. The molecule has 2 rings (SSSR count). The van der Waals surface area contributed by atoms with Crippen molar-refractivity contribution in [3.63, 3.8) is 0 Å². The van der Waals surface area contributed by atoms with Crippen molar-refractivity contribution in [1.82, 2.24) is 4.90 Å². The van der Waals surface area contributed by atoms with Gasteiger partial charge in [-0.25, -0.2) is 0 Å². The maximum absolute atomic E-state index is 12.2. The maximum atomic E-state index is 12.2. The molecule has 0 unspecified atom stereocenters. The lowest BCUT2D eigenvalue weighted by Crippen LogP contribution is -2.30. The Morgan fingerprint density at radius 2 is 1.52 bits per heavy atom. The maximum Gasteiger partial charge on any atom is 0.260 e. The van der Waals surface area contributed by atoms with Gasteiger partial charge in [-0.3, -0.25) is 9.59 Å². The second-order valence-electron chi connectivity index (χ2n) is 6.18. The van der Waals surface area contributed by atoms with E-state index in [2.05, 4.69) is 0 Å². The summed E-state index contributed by atoms with van der Waals surface area (Å²) in [6.07, 6.45) is 0. The van der Waals surface area contributed by atoms with Gasteiger partial charge in [-0.2, -0.15) is 0 Å². The molecule has 2 aromatic carbocycles. The minimum absolute atomic E-state index is 0.00245. The summed E-state index contributed by atoms with van der Waals surface area (Å²) in [7, 11) is 5.74. The molecule has 0 heterocycles. The standard InChI is InChI=1S/C20H24N2O3/c1-15(23)17-7-11-19(12-8-17)25-14-20(24)22(4)13-16-5-9-18(10-6-16)21(2)3/h5-12H,13-14H2,1-4H3. The van der Waals surface area contributed by atoms with Gasteiger partial charge in [-0.1, -0.05) is 12.1 Å². The number of Topliss-reactive ketones (excluding diaryl/α,β-unsaturated/α-hetero) is 1. The quantitative estimate of drug-likeness (QED) is 0.727. The predicted molar refractivity (Wildman–Crippen MR) is 99.2 cm³/mol. The summed E-state index contributed by atoms with van der Waals surface area (Å²) < 4.78 is 5.50. The summed E-state index contributed by atoms with van der Waals surface area (Å²) in [5.41, 5.74) is 2.80. The van der Waals surface area contributed by atoms with Gasteiger partial charge in [-0.05, 0) is 48.9 Å². The van der Waals surface area contributed by atoms with Gasteiger partial charge in [0.15, 0.2) is 12.4 Å². The highest BCUT2D eigenvalue weighted by Crippen LogP contribution is 2.15. The number of carbonyl (C=O) groups is 2. The van der Waals surface area contributed by atoms with Crippen LogP contribution < -0.4 is 9.64 Å². The van der Waals surface area contributed by atoms with Gasteiger partial charge in [0.05, 0.1) is 0 Å². The fourth-order valence-corrected chi connectivity index (χ4v) is 2.30. The summed E-state index contributed by atoms with van der Waals surface area (Å²) in [5.74, 6) is 0.470. The molecule has 5 nitrogen and oxygen atoms in total. The zero-order chi connectivity index (χ0) is 18.4. The van der Waals surface area contributed by atoms with Crippen molar-refractivity contribution < 1.29 is 14.3 Å². The van der Waals surface area contributed by atoms with Crippen LogP contribution in [0.5, 0.6) is 5.75 Å². The minimum atomic E-state index is -0.104. The highest BCUT2D eigenvalue weighted by Gasteiger charge is 2.11. The van der Waals surface area contributed by atoms with Gasteiger partial charge >= 0.3 is 0 Å². The number of rotatable bonds is 7. The van der Waals surface area contributed by atoms with Gasteiger partial charge in [0.2, 0.25) is 0 Å². The third kappa shape index (κ3) is 5.35. The number of anilines is 1. The van der Waals surface area contributed by atoms with Gasteiger partial charge in [0, 0.05) is 38.9 Å². The SMILES string of the molecule is CC(=O)c1ccc(OCC(=O)N(C)Cc2ccc(N(C)C)cc2)cc1. The fourth-order valence-electron chi connectivity index (χ4n) is 2.30. The third-order valence-corrected chi connectivity index (χ3v) is 3.92. The molecule has 0 radical (unpaired) electrons. The van der Waals surface area contributed by atoms with E-state index >= 15 is 0 Å². The lowest BCUT2D eigenvalue weighted by atomic mass is 10.1. The average Bonchev–Trinajstić information content (AvgIpc) is 2.60. The zero-order valence-electron chi connectivity index (χ0n) is 15.2. The Morgan fingerprint density at radius 1 is 0.920 bits per heavy atom. The van der Waals surface area contributed by atoms with E-state index < -0.39 is 0 Å². The van der Waals surface area contributed by atoms with Crippen LogP contribution in [0.2, 0.25) is 0 Å². The summed E-state index contributed by atoms with van der Waals surface area (Å²) >= 11 is 0. The molecule has 25 heavy (non-hydrogen) atoms. The molecule has 0 aromatic heterocycles.